The monoisotopic (exact) mass is 315 g/mol. The predicted molar refractivity (Wildman–Crippen MR) is 85.9 cm³/mol. The standard InChI is InChI=1S/C14H25N3O3S/c1-4-9-15-10-6-11-17(2)21(18,19)16-13-7-5-8-14(12-13)20-3/h5,7-8,12,15-16H,4,6,9-11H2,1-3H3. The molecule has 0 radical (unpaired) electrons. The number of ether oxygens (including phenoxy) is 1. The van der Waals surface area contributed by atoms with Gasteiger partial charge in [-0.2, -0.15) is 12.7 Å². The molecule has 0 fully saturated rings. The Balaban J connectivity index is 2.51. The summed E-state index contributed by atoms with van der Waals surface area (Å²) in [6.45, 7) is 4.34. The lowest BCUT2D eigenvalue weighted by Gasteiger charge is -2.18. The molecule has 7 heteroatoms. The maximum Gasteiger partial charge on any atom is 0.301 e. The van der Waals surface area contributed by atoms with E-state index in [9.17, 15) is 8.42 Å². The van der Waals surface area contributed by atoms with Gasteiger partial charge in [0.2, 0.25) is 0 Å². The van der Waals surface area contributed by atoms with E-state index in [-0.39, 0.29) is 0 Å². The Labute approximate surface area is 127 Å². The Morgan fingerprint density at radius 1 is 1.29 bits per heavy atom. The number of methoxy groups -OCH3 is 1. The van der Waals surface area contributed by atoms with E-state index < -0.39 is 10.2 Å². The van der Waals surface area contributed by atoms with Gasteiger partial charge in [-0.3, -0.25) is 4.72 Å². The smallest absolute Gasteiger partial charge is 0.301 e. The van der Waals surface area contributed by atoms with Crippen LogP contribution in [0.15, 0.2) is 24.3 Å². The summed E-state index contributed by atoms with van der Waals surface area (Å²) in [5.41, 5.74) is 0.491. The third kappa shape index (κ3) is 6.33. The van der Waals surface area contributed by atoms with Crippen LogP contribution in [0.4, 0.5) is 5.69 Å². The number of nitrogens with zero attached hydrogens (tertiary/aromatic N) is 1. The molecule has 0 aliphatic heterocycles. The van der Waals surface area contributed by atoms with Gasteiger partial charge in [0.1, 0.15) is 5.75 Å². The fraction of sp³-hybridized carbons (Fsp3) is 0.571. The molecule has 0 spiro atoms. The minimum atomic E-state index is -3.53. The minimum Gasteiger partial charge on any atom is -0.497 e. The molecule has 6 nitrogen and oxygen atoms in total. The van der Waals surface area contributed by atoms with Crippen LogP contribution in [0.25, 0.3) is 0 Å². The van der Waals surface area contributed by atoms with Crippen LogP contribution < -0.4 is 14.8 Å². The molecule has 1 aromatic carbocycles. The fourth-order valence-electron chi connectivity index (χ4n) is 1.76. The van der Waals surface area contributed by atoms with Crippen LogP contribution in [-0.2, 0) is 10.2 Å². The Morgan fingerprint density at radius 3 is 2.71 bits per heavy atom. The third-order valence-electron chi connectivity index (χ3n) is 2.98. The number of hydrogen-bond acceptors (Lipinski definition) is 4. The van der Waals surface area contributed by atoms with Gasteiger partial charge in [-0.05, 0) is 38.1 Å². The molecule has 0 amide bonds. The second-order valence-electron chi connectivity index (χ2n) is 4.76. The second-order valence-corrected chi connectivity index (χ2v) is 6.54. The molecule has 2 N–H and O–H groups in total. The zero-order chi connectivity index (χ0) is 15.7. The molecule has 21 heavy (non-hydrogen) atoms. The van der Waals surface area contributed by atoms with E-state index in [1.807, 2.05) is 0 Å². The van der Waals surface area contributed by atoms with Crippen molar-refractivity contribution in [3.63, 3.8) is 0 Å². The van der Waals surface area contributed by atoms with E-state index >= 15 is 0 Å². The first-order valence-corrected chi connectivity index (χ1v) is 8.52. The van der Waals surface area contributed by atoms with Gasteiger partial charge in [-0.25, -0.2) is 0 Å². The Bertz CT molecular complexity index is 520. The van der Waals surface area contributed by atoms with Crippen molar-refractivity contribution >= 4 is 15.9 Å². The fourth-order valence-corrected chi connectivity index (χ4v) is 2.71. The summed E-state index contributed by atoms with van der Waals surface area (Å²) in [7, 11) is -0.415. The molecule has 0 atom stereocenters. The minimum absolute atomic E-state index is 0.468. The number of nitrogens with one attached hydrogen (secondary N) is 2. The van der Waals surface area contributed by atoms with Gasteiger partial charge in [0.15, 0.2) is 0 Å². The first kappa shape index (κ1) is 17.7. The highest BCUT2D eigenvalue weighted by Crippen LogP contribution is 2.18. The quantitative estimate of drug-likeness (QED) is 0.644. The lowest BCUT2D eigenvalue weighted by molar-refractivity contribution is 0.415. The zero-order valence-corrected chi connectivity index (χ0v) is 13.7. The van der Waals surface area contributed by atoms with Gasteiger partial charge in [0.25, 0.3) is 0 Å². The van der Waals surface area contributed by atoms with Gasteiger partial charge >= 0.3 is 10.2 Å². The Hall–Kier alpha value is -1.31. The van der Waals surface area contributed by atoms with E-state index in [4.69, 9.17) is 4.74 Å². The molecule has 0 saturated heterocycles. The third-order valence-corrected chi connectivity index (χ3v) is 4.48. The molecule has 120 valence electrons. The van der Waals surface area contributed by atoms with Gasteiger partial charge in [0, 0.05) is 19.7 Å². The first-order valence-electron chi connectivity index (χ1n) is 7.08. The van der Waals surface area contributed by atoms with Crippen LogP contribution in [0, 0.1) is 0 Å². The van der Waals surface area contributed by atoms with E-state index in [0.717, 1.165) is 25.9 Å². The molecule has 0 bridgehead atoms. The van der Waals surface area contributed by atoms with Crippen LogP contribution in [0.5, 0.6) is 5.75 Å². The van der Waals surface area contributed by atoms with Crippen molar-refractivity contribution in [2.24, 2.45) is 0 Å². The molecular weight excluding hydrogens is 290 g/mol. The normalized spacial score (nSPS) is 11.6. The summed E-state index contributed by atoms with van der Waals surface area (Å²) < 4.78 is 33.3. The maximum atomic E-state index is 12.2. The van der Waals surface area contributed by atoms with Crippen LogP contribution in [0.1, 0.15) is 19.8 Å². The van der Waals surface area contributed by atoms with Crippen molar-refractivity contribution in [3.8, 4) is 5.75 Å². The second kappa shape index (κ2) is 8.86. The van der Waals surface area contributed by atoms with Crippen molar-refractivity contribution in [2.45, 2.75) is 19.8 Å². The van der Waals surface area contributed by atoms with Crippen LogP contribution >= 0.6 is 0 Å². The van der Waals surface area contributed by atoms with Crippen molar-refractivity contribution in [2.75, 3.05) is 38.5 Å². The highest BCUT2D eigenvalue weighted by atomic mass is 32.2. The van der Waals surface area contributed by atoms with Crippen molar-refractivity contribution < 1.29 is 13.2 Å². The molecule has 0 aliphatic rings. The molecule has 0 aromatic heterocycles. The summed E-state index contributed by atoms with van der Waals surface area (Å²) in [6, 6.07) is 6.84. The summed E-state index contributed by atoms with van der Waals surface area (Å²) in [4.78, 5) is 0. The largest absolute Gasteiger partial charge is 0.497 e. The average Bonchev–Trinajstić information content (AvgIpc) is 2.46. The molecule has 0 heterocycles. The number of anilines is 1. The van der Waals surface area contributed by atoms with E-state index in [2.05, 4.69) is 17.0 Å². The molecule has 1 aromatic rings. The number of hydrogen-bond donors (Lipinski definition) is 2. The summed E-state index contributed by atoms with van der Waals surface area (Å²) in [5.74, 6) is 0.613. The summed E-state index contributed by atoms with van der Waals surface area (Å²) in [6.07, 6.45) is 1.85. The topological polar surface area (TPSA) is 70.7 Å². The Morgan fingerprint density at radius 2 is 2.05 bits per heavy atom. The maximum absolute atomic E-state index is 12.2. The van der Waals surface area contributed by atoms with Gasteiger partial charge < -0.3 is 10.1 Å². The van der Waals surface area contributed by atoms with Gasteiger partial charge in [-0.1, -0.05) is 13.0 Å². The molecular formula is C14H25N3O3S. The van der Waals surface area contributed by atoms with Crippen LogP contribution in [0.3, 0.4) is 0 Å². The van der Waals surface area contributed by atoms with Crippen LogP contribution in [-0.4, -0.2) is 46.5 Å². The first-order chi connectivity index (χ1) is 9.99. The average molecular weight is 315 g/mol. The van der Waals surface area contributed by atoms with Gasteiger partial charge in [0.05, 0.1) is 12.8 Å². The lowest BCUT2D eigenvalue weighted by Crippen LogP contribution is -2.34. The van der Waals surface area contributed by atoms with Crippen molar-refractivity contribution in [3.05, 3.63) is 24.3 Å². The van der Waals surface area contributed by atoms with Crippen molar-refractivity contribution in [1.82, 2.24) is 9.62 Å². The molecule has 0 saturated carbocycles. The number of rotatable bonds is 10. The summed E-state index contributed by atoms with van der Waals surface area (Å²) in [5, 5.41) is 3.25. The van der Waals surface area contributed by atoms with Crippen molar-refractivity contribution in [1.29, 1.82) is 0 Å². The van der Waals surface area contributed by atoms with Gasteiger partial charge in [-0.15, -0.1) is 0 Å². The molecule has 0 unspecified atom stereocenters. The summed E-state index contributed by atoms with van der Waals surface area (Å²) >= 11 is 0. The van der Waals surface area contributed by atoms with E-state index in [1.165, 1.54) is 4.31 Å². The predicted octanol–water partition coefficient (Wildman–Crippen LogP) is 1.67. The van der Waals surface area contributed by atoms with E-state index in [0.29, 0.717) is 18.0 Å². The Kier molecular flexibility index (Phi) is 7.49. The number of benzene rings is 1. The highest BCUT2D eigenvalue weighted by Gasteiger charge is 2.17. The lowest BCUT2D eigenvalue weighted by atomic mass is 10.3. The molecule has 1 rings (SSSR count). The molecule has 0 aliphatic carbocycles. The SMILES string of the molecule is CCCNCCCN(C)S(=O)(=O)Nc1cccc(OC)c1. The van der Waals surface area contributed by atoms with E-state index in [1.54, 1.807) is 38.4 Å². The van der Waals surface area contributed by atoms with Crippen LogP contribution in [0.2, 0.25) is 0 Å². The highest BCUT2D eigenvalue weighted by molar-refractivity contribution is 7.90. The zero-order valence-electron chi connectivity index (χ0n) is 12.9.